The second-order valence-corrected chi connectivity index (χ2v) is 7.06. The van der Waals surface area contributed by atoms with Crippen LogP contribution in [-0.2, 0) is 33.3 Å². The first-order valence-corrected chi connectivity index (χ1v) is 9.06. The SMILES string of the molecule is C=COCCOC(=O)CCC(=O)SCCC(=O)OCCOC(C)(C)C. The van der Waals surface area contributed by atoms with E-state index in [1.54, 1.807) is 0 Å². The van der Waals surface area contributed by atoms with E-state index in [0.717, 1.165) is 11.8 Å². The van der Waals surface area contributed by atoms with Crippen molar-refractivity contribution in [3.63, 3.8) is 0 Å². The summed E-state index contributed by atoms with van der Waals surface area (Å²) < 4.78 is 20.1. The van der Waals surface area contributed by atoms with Crippen LogP contribution < -0.4 is 0 Å². The summed E-state index contributed by atoms with van der Waals surface area (Å²) in [4.78, 5) is 34.5. The van der Waals surface area contributed by atoms with Crippen LogP contribution in [0.4, 0.5) is 0 Å². The molecule has 0 spiro atoms. The predicted octanol–water partition coefficient (Wildman–Crippen LogP) is 2.48. The minimum atomic E-state index is -0.458. The maximum Gasteiger partial charge on any atom is 0.306 e. The Bertz CT molecular complexity index is 429. The van der Waals surface area contributed by atoms with Gasteiger partial charge in [-0.3, -0.25) is 14.4 Å². The fourth-order valence-electron chi connectivity index (χ4n) is 1.46. The lowest BCUT2D eigenvalue weighted by Gasteiger charge is -2.19. The van der Waals surface area contributed by atoms with Gasteiger partial charge in [0.2, 0.25) is 0 Å². The Morgan fingerprint density at radius 2 is 1.52 bits per heavy atom. The molecule has 0 aromatic heterocycles. The lowest BCUT2D eigenvalue weighted by molar-refractivity contribution is -0.146. The lowest BCUT2D eigenvalue weighted by Crippen LogP contribution is -2.22. The van der Waals surface area contributed by atoms with Gasteiger partial charge in [0.05, 0.1) is 31.3 Å². The average Bonchev–Trinajstić information content (AvgIpc) is 2.53. The van der Waals surface area contributed by atoms with E-state index < -0.39 is 5.97 Å². The molecule has 0 unspecified atom stereocenters. The predicted molar refractivity (Wildman–Crippen MR) is 95.1 cm³/mol. The van der Waals surface area contributed by atoms with Gasteiger partial charge in [-0.15, -0.1) is 0 Å². The first-order valence-electron chi connectivity index (χ1n) is 8.08. The van der Waals surface area contributed by atoms with Crippen LogP contribution in [0.5, 0.6) is 0 Å². The van der Waals surface area contributed by atoms with E-state index in [2.05, 4.69) is 6.58 Å². The number of hydrogen-bond donors (Lipinski definition) is 0. The Hall–Kier alpha value is -1.54. The molecule has 0 bridgehead atoms. The summed E-state index contributed by atoms with van der Waals surface area (Å²) in [7, 11) is 0. The number of esters is 2. The maximum atomic E-state index is 11.6. The van der Waals surface area contributed by atoms with Crippen molar-refractivity contribution < 1.29 is 33.3 Å². The van der Waals surface area contributed by atoms with Gasteiger partial charge in [-0.05, 0) is 20.8 Å². The number of carbonyl (C=O) groups is 3. The van der Waals surface area contributed by atoms with Crippen molar-refractivity contribution in [3.8, 4) is 0 Å². The smallest absolute Gasteiger partial charge is 0.306 e. The first-order chi connectivity index (χ1) is 11.7. The van der Waals surface area contributed by atoms with Gasteiger partial charge in [0.15, 0.2) is 5.12 Å². The quantitative estimate of drug-likeness (QED) is 0.275. The molecule has 0 rings (SSSR count). The molecule has 0 fully saturated rings. The van der Waals surface area contributed by atoms with Crippen molar-refractivity contribution in [1.82, 2.24) is 0 Å². The summed E-state index contributed by atoms with van der Waals surface area (Å²) in [5.74, 6) is -0.515. The average molecular weight is 376 g/mol. The highest BCUT2D eigenvalue weighted by Gasteiger charge is 2.12. The molecule has 25 heavy (non-hydrogen) atoms. The molecule has 0 aromatic carbocycles. The van der Waals surface area contributed by atoms with Crippen molar-refractivity contribution in [3.05, 3.63) is 12.8 Å². The Morgan fingerprint density at radius 3 is 2.12 bits per heavy atom. The summed E-state index contributed by atoms with van der Waals surface area (Å²) >= 11 is 1.01. The van der Waals surface area contributed by atoms with Gasteiger partial charge in [-0.1, -0.05) is 18.3 Å². The minimum absolute atomic E-state index is 0.00844. The van der Waals surface area contributed by atoms with E-state index in [4.69, 9.17) is 18.9 Å². The van der Waals surface area contributed by atoms with Crippen molar-refractivity contribution in [2.75, 3.05) is 32.2 Å². The number of hydrogen-bond acceptors (Lipinski definition) is 8. The molecule has 0 heterocycles. The minimum Gasteiger partial charge on any atom is -0.498 e. The van der Waals surface area contributed by atoms with Gasteiger partial charge in [0.25, 0.3) is 0 Å². The van der Waals surface area contributed by atoms with Gasteiger partial charge in [-0.2, -0.15) is 0 Å². The molecular weight excluding hydrogens is 348 g/mol. The summed E-state index contributed by atoms with van der Waals surface area (Å²) in [6.45, 7) is 10.00. The second-order valence-electron chi connectivity index (χ2n) is 5.91. The van der Waals surface area contributed by atoms with E-state index in [1.165, 1.54) is 6.26 Å². The van der Waals surface area contributed by atoms with E-state index in [9.17, 15) is 14.4 Å². The molecule has 0 aliphatic rings. The van der Waals surface area contributed by atoms with Crippen molar-refractivity contribution >= 4 is 28.8 Å². The van der Waals surface area contributed by atoms with E-state index >= 15 is 0 Å². The van der Waals surface area contributed by atoms with Crippen LogP contribution in [0.15, 0.2) is 12.8 Å². The van der Waals surface area contributed by atoms with Crippen LogP contribution in [0.3, 0.4) is 0 Å². The van der Waals surface area contributed by atoms with E-state index in [-0.39, 0.29) is 55.8 Å². The Labute approximate surface area is 153 Å². The Morgan fingerprint density at radius 1 is 0.920 bits per heavy atom. The monoisotopic (exact) mass is 376 g/mol. The van der Waals surface area contributed by atoms with E-state index in [1.807, 2.05) is 20.8 Å². The standard InChI is InChI=1S/C17H28O7S/c1-5-21-9-10-22-14(18)6-7-16(20)25-13-8-15(19)23-11-12-24-17(2,3)4/h5H,1,6-13H2,2-4H3. The van der Waals surface area contributed by atoms with Gasteiger partial charge in [0.1, 0.15) is 19.8 Å². The summed E-state index contributed by atoms with van der Waals surface area (Å²) in [5.41, 5.74) is -0.269. The largest absolute Gasteiger partial charge is 0.498 e. The van der Waals surface area contributed by atoms with Crippen molar-refractivity contribution in [2.45, 2.75) is 45.6 Å². The zero-order valence-electron chi connectivity index (χ0n) is 15.2. The fourth-order valence-corrected chi connectivity index (χ4v) is 2.20. The van der Waals surface area contributed by atoms with E-state index in [0.29, 0.717) is 12.4 Å². The normalized spacial score (nSPS) is 10.8. The molecule has 0 aromatic rings. The van der Waals surface area contributed by atoms with Crippen LogP contribution in [0, 0.1) is 0 Å². The number of rotatable bonds is 13. The lowest BCUT2D eigenvalue weighted by atomic mass is 10.2. The van der Waals surface area contributed by atoms with Crippen molar-refractivity contribution in [1.29, 1.82) is 0 Å². The van der Waals surface area contributed by atoms with Gasteiger partial charge >= 0.3 is 11.9 Å². The van der Waals surface area contributed by atoms with Crippen LogP contribution in [-0.4, -0.2) is 54.8 Å². The Kier molecular flexibility index (Phi) is 12.9. The fraction of sp³-hybridized carbons (Fsp3) is 0.706. The maximum absolute atomic E-state index is 11.6. The molecule has 144 valence electrons. The number of carbonyl (C=O) groups excluding carboxylic acids is 3. The molecule has 0 atom stereocenters. The van der Waals surface area contributed by atoms with Gasteiger partial charge in [0, 0.05) is 12.2 Å². The van der Waals surface area contributed by atoms with Gasteiger partial charge < -0.3 is 18.9 Å². The Balaban J connectivity index is 3.60. The molecule has 0 amide bonds. The molecule has 8 heteroatoms. The third-order valence-corrected chi connectivity index (χ3v) is 3.50. The first kappa shape index (κ1) is 23.5. The van der Waals surface area contributed by atoms with Crippen LogP contribution in [0.25, 0.3) is 0 Å². The number of ether oxygens (including phenoxy) is 4. The number of thioether (sulfide) groups is 1. The molecule has 0 aliphatic heterocycles. The zero-order valence-corrected chi connectivity index (χ0v) is 16.0. The molecule has 0 aliphatic carbocycles. The van der Waals surface area contributed by atoms with Crippen LogP contribution in [0.1, 0.15) is 40.0 Å². The topological polar surface area (TPSA) is 88.1 Å². The van der Waals surface area contributed by atoms with Gasteiger partial charge in [-0.25, -0.2) is 0 Å². The third kappa shape index (κ3) is 17.1. The summed E-state index contributed by atoms with van der Waals surface area (Å²) in [6, 6.07) is 0. The molecule has 0 radical (unpaired) electrons. The van der Waals surface area contributed by atoms with Crippen LogP contribution in [0.2, 0.25) is 0 Å². The molecule has 0 saturated heterocycles. The second kappa shape index (κ2) is 13.7. The molecular formula is C17H28O7S. The molecule has 0 saturated carbocycles. The zero-order chi connectivity index (χ0) is 19.1. The highest BCUT2D eigenvalue weighted by molar-refractivity contribution is 8.13. The third-order valence-electron chi connectivity index (χ3n) is 2.57. The molecule has 0 N–H and O–H groups in total. The summed E-state index contributed by atoms with van der Waals surface area (Å²) in [6.07, 6.45) is 1.47. The van der Waals surface area contributed by atoms with Crippen molar-refractivity contribution in [2.24, 2.45) is 0 Å². The van der Waals surface area contributed by atoms with Crippen LogP contribution >= 0.6 is 11.8 Å². The molecule has 7 nitrogen and oxygen atoms in total. The summed E-state index contributed by atoms with van der Waals surface area (Å²) in [5, 5.41) is -0.164. The highest BCUT2D eigenvalue weighted by atomic mass is 32.2. The highest BCUT2D eigenvalue weighted by Crippen LogP contribution is 2.10.